The second-order valence-corrected chi connectivity index (χ2v) is 8.62. The van der Waals surface area contributed by atoms with E-state index in [0.29, 0.717) is 34.8 Å². The number of carbonyl (C=O) groups is 1. The number of rotatable bonds is 12. The van der Waals surface area contributed by atoms with Crippen molar-refractivity contribution in [1.29, 1.82) is 0 Å². The van der Waals surface area contributed by atoms with Gasteiger partial charge in [0.05, 0.1) is 7.11 Å². The van der Waals surface area contributed by atoms with Crippen molar-refractivity contribution >= 4 is 5.91 Å². The second kappa shape index (κ2) is 12.5. The summed E-state index contributed by atoms with van der Waals surface area (Å²) in [5.41, 5.74) is 3.91. The van der Waals surface area contributed by atoms with Gasteiger partial charge in [0.2, 0.25) is 11.7 Å². The smallest absolute Gasteiger partial charge is 0.276 e. The molecule has 0 radical (unpaired) electrons. The number of carbonyl (C=O) groups excluding carboxylic acids is 1. The lowest BCUT2D eigenvalue weighted by Gasteiger charge is -2.16. The van der Waals surface area contributed by atoms with Gasteiger partial charge in [0.1, 0.15) is 36.5 Å². The Labute approximate surface area is 210 Å². The molecule has 0 saturated carbocycles. The number of aliphatic hydroxyl groups is 2. The molecule has 2 aromatic heterocycles. The van der Waals surface area contributed by atoms with Gasteiger partial charge in [-0.3, -0.25) is 4.79 Å². The number of ether oxygens (including phenoxy) is 2. The Bertz CT molecular complexity index is 1150. The minimum absolute atomic E-state index is 0.0144. The average Bonchev–Trinajstić information content (AvgIpc) is 3.37. The van der Waals surface area contributed by atoms with Crippen molar-refractivity contribution < 1.29 is 29.0 Å². The highest BCUT2D eigenvalue weighted by molar-refractivity contribution is 5.76. The predicted octanol–water partition coefficient (Wildman–Crippen LogP) is 3.18. The van der Waals surface area contributed by atoms with Gasteiger partial charge in [-0.15, -0.1) is 0 Å². The van der Waals surface area contributed by atoms with Crippen LogP contribution in [0.15, 0.2) is 28.8 Å². The third kappa shape index (κ3) is 6.58. The zero-order chi connectivity index (χ0) is 26.2. The van der Waals surface area contributed by atoms with Crippen molar-refractivity contribution in [3.63, 3.8) is 0 Å². The van der Waals surface area contributed by atoms with E-state index in [1.165, 1.54) is 0 Å². The van der Waals surface area contributed by atoms with Crippen molar-refractivity contribution in [3.8, 4) is 34.5 Å². The van der Waals surface area contributed by atoms with Gasteiger partial charge < -0.3 is 29.5 Å². The first-order valence-electron chi connectivity index (χ1n) is 12.0. The van der Waals surface area contributed by atoms with Crippen LogP contribution >= 0.6 is 0 Å². The zero-order valence-electron chi connectivity index (χ0n) is 21.4. The number of aromatic nitrogens is 3. The second-order valence-electron chi connectivity index (χ2n) is 8.62. The van der Waals surface area contributed by atoms with E-state index >= 15 is 0 Å². The Morgan fingerprint density at radius 3 is 2.42 bits per heavy atom. The Balaban J connectivity index is 1.79. The Hall–Kier alpha value is -3.50. The van der Waals surface area contributed by atoms with Gasteiger partial charge >= 0.3 is 0 Å². The summed E-state index contributed by atoms with van der Waals surface area (Å²) in [5.74, 6) is 1.79. The summed E-state index contributed by atoms with van der Waals surface area (Å²) < 4.78 is 16.8. The lowest BCUT2D eigenvalue weighted by molar-refractivity contribution is -0.124. The number of nitrogens with one attached hydrogen (secondary N) is 1. The van der Waals surface area contributed by atoms with Crippen LogP contribution in [0.3, 0.4) is 0 Å². The summed E-state index contributed by atoms with van der Waals surface area (Å²) in [7, 11) is 1.62. The molecule has 0 spiro atoms. The summed E-state index contributed by atoms with van der Waals surface area (Å²) in [5, 5.41) is 25.3. The minimum atomic E-state index is -0.918. The highest BCUT2D eigenvalue weighted by Crippen LogP contribution is 2.32. The van der Waals surface area contributed by atoms with Crippen LogP contribution in [0.1, 0.15) is 49.4 Å². The number of hydrogen-bond acceptors (Lipinski definition) is 9. The third-order valence-electron chi connectivity index (χ3n) is 5.92. The van der Waals surface area contributed by atoms with Gasteiger partial charge in [0, 0.05) is 35.9 Å². The van der Waals surface area contributed by atoms with Gasteiger partial charge in [0.25, 0.3) is 5.89 Å². The van der Waals surface area contributed by atoms with Crippen LogP contribution in [0.25, 0.3) is 23.0 Å². The van der Waals surface area contributed by atoms with Gasteiger partial charge in [-0.05, 0) is 49.9 Å². The van der Waals surface area contributed by atoms with E-state index in [9.17, 15) is 9.90 Å². The van der Waals surface area contributed by atoms with Crippen LogP contribution in [0.2, 0.25) is 0 Å². The molecule has 3 rings (SSSR count). The van der Waals surface area contributed by atoms with E-state index in [-0.39, 0.29) is 13.2 Å². The summed E-state index contributed by atoms with van der Waals surface area (Å²) in [4.78, 5) is 20.5. The first-order chi connectivity index (χ1) is 17.3. The van der Waals surface area contributed by atoms with Crippen LogP contribution < -0.4 is 14.8 Å². The molecule has 0 aliphatic rings. The summed E-state index contributed by atoms with van der Waals surface area (Å²) in [6.07, 6.45) is 1.01. The molecular formula is C26H34N4O6. The molecule has 1 unspecified atom stereocenters. The van der Waals surface area contributed by atoms with Crippen LogP contribution in [-0.4, -0.2) is 64.2 Å². The maximum Gasteiger partial charge on any atom is 0.276 e. The van der Waals surface area contributed by atoms with Crippen molar-refractivity contribution in [2.75, 3.05) is 26.9 Å². The molecule has 10 heteroatoms. The molecule has 0 aliphatic carbocycles. The van der Waals surface area contributed by atoms with E-state index in [1.54, 1.807) is 13.2 Å². The minimum Gasteiger partial charge on any atom is -0.497 e. The van der Waals surface area contributed by atoms with Gasteiger partial charge in [-0.25, -0.2) is 4.98 Å². The molecule has 0 bridgehead atoms. The molecule has 194 valence electrons. The first-order valence-corrected chi connectivity index (χ1v) is 12.0. The molecule has 1 aromatic carbocycles. The fraction of sp³-hybridized carbons (Fsp3) is 0.462. The first kappa shape index (κ1) is 27.1. The number of methoxy groups -OCH3 is 1. The van der Waals surface area contributed by atoms with Gasteiger partial charge in [0.15, 0.2) is 0 Å². The number of benzene rings is 1. The number of aryl methyl sites for hydroxylation is 2. The Morgan fingerprint density at radius 1 is 1.11 bits per heavy atom. The van der Waals surface area contributed by atoms with E-state index in [4.69, 9.17) is 24.1 Å². The summed E-state index contributed by atoms with van der Waals surface area (Å²) in [6.45, 7) is 7.38. The summed E-state index contributed by atoms with van der Waals surface area (Å²) >= 11 is 0. The zero-order valence-corrected chi connectivity index (χ0v) is 21.4. The van der Waals surface area contributed by atoms with Crippen LogP contribution in [-0.2, 0) is 4.79 Å². The van der Waals surface area contributed by atoms with Crippen molar-refractivity contribution in [3.05, 3.63) is 41.1 Å². The number of hydrogen-bond donors (Lipinski definition) is 3. The Morgan fingerprint density at radius 2 is 1.81 bits per heavy atom. The molecule has 0 aliphatic heterocycles. The van der Waals surface area contributed by atoms with Crippen molar-refractivity contribution in [2.24, 2.45) is 0 Å². The SMILES string of the molecule is CCC(CC)c1cc(OC)cc(-c2nc(-c3cc(C)c(OCC(O)CNC(=O)CO)c(C)c3)no2)n1. The highest BCUT2D eigenvalue weighted by Gasteiger charge is 2.19. The van der Waals surface area contributed by atoms with E-state index < -0.39 is 18.6 Å². The fourth-order valence-electron chi connectivity index (χ4n) is 3.95. The van der Waals surface area contributed by atoms with Gasteiger partial charge in [-0.1, -0.05) is 19.0 Å². The highest BCUT2D eigenvalue weighted by atomic mass is 16.5. The van der Waals surface area contributed by atoms with E-state index in [1.807, 2.05) is 32.0 Å². The lowest BCUT2D eigenvalue weighted by Crippen LogP contribution is -2.36. The molecule has 10 nitrogen and oxygen atoms in total. The van der Waals surface area contributed by atoms with Crippen molar-refractivity contribution in [1.82, 2.24) is 20.4 Å². The Kier molecular flexibility index (Phi) is 9.38. The molecular weight excluding hydrogens is 464 g/mol. The maximum absolute atomic E-state index is 11.1. The molecule has 1 amide bonds. The van der Waals surface area contributed by atoms with Crippen LogP contribution in [0.5, 0.6) is 11.5 Å². The predicted molar refractivity (Wildman–Crippen MR) is 134 cm³/mol. The fourth-order valence-corrected chi connectivity index (χ4v) is 3.95. The monoisotopic (exact) mass is 498 g/mol. The standard InChI is InChI=1S/C26H34N4O6/c1-6-17(7-2)21-10-20(34-5)11-22(28-21)26-29-25(30-36-26)18-8-15(3)24(16(4)9-18)35-14-19(32)12-27-23(33)13-31/h8-11,17,19,31-32H,6-7,12-14H2,1-5H3,(H,27,33). The van der Waals surface area contributed by atoms with Crippen LogP contribution in [0.4, 0.5) is 0 Å². The summed E-state index contributed by atoms with van der Waals surface area (Å²) in [6, 6.07) is 7.49. The van der Waals surface area contributed by atoms with E-state index in [2.05, 4.69) is 29.3 Å². The maximum atomic E-state index is 11.1. The molecule has 3 aromatic rings. The molecule has 1 atom stereocenters. The molecule has 2 heterocycles. The normalized spacial score (nSPS) is 12.0. The number of nitrogens with zero attached hydrogens (tertiary/aromatic N) is 3. The average molecular weight is 499 g/mol. The molecule has 36 heavy (non-hydrogen) atoms. The van der Waals surface area contributed by atoms with Gasteiger partial charge in [-0.2, -0.15) is 4.98 Å². The van der Waals surface area contributed by atoms with E-state index in [0.717, 1.165) is 35.2 Å². The third-order valence-corrected chi connectivity index (χ3v) is 5.92. The number of amides is 1. The molecule has 0 saturated heterocycles. The lowest BCUT2D eigenvalue weighted by atomic mass is 9.98. The quantitative estimate of drug-likeness (QED) is 0.343. The van der Waals surface area contributed by atoms with Crippen LogP contribution in [0, 0.1) is 13.8 Å². The molecule has 0 fully saturated rings. The van der Waals surface area contributed by atoms with Crippen molar-refractivity contribution in [2.45, 2.75) is 52.6 Å². The topological polar surface area (TPSA) is 140 Å². The number of pyridine rings is 1. The molecule has 3 N–H and O–H groups in total. The largest absolute Gasteiger partial charge is 0.497 e. The number of aliphatic hydroxyl groups excluding tert-OH is 2.